The minimum atomic E-state index is -0.746. The van der Waals surface area contributed by atoms with Crippen LogP contribution in [0.3, 0.4) is 0 Å². The summed E-state index contributed by atoms with van der Waals surface area (Å²) in [6.07, 6.45) is 14.4. The maximum absolute atomic E-state index is 11.8. The monoisotopic (exact) mass is 461 g/mol. The Bertz CT molecular complexity index is 777. The number of aliphatic hydroxyl groups is 2. The number of amides is 1. The van der Waals surface area contributed by atoms with Crippen LogP contribution in [0.2, 0.25) is 5.02 Å². The maximum Gasteiger partial charge on any atom is 0.220 e. The van der Waals surface area contributed by atoms with Gasteiger partial charge in [-0.15, -0.1) is 0 Å². The summed E-state index contributed by atoms with van der Waals surface area (Å²) in [7, 11) is 0. The smallest absolute Gasteiger partial charge is 0.220 e. The fourth-order valence-electron chi connectivity index (χ4n) is 4.13. The van der Waals surface area contributed by atoms with Crippen molar-refractivity contribution in [3.63, 3.8) is 0 Å². The Morgan fingerprint density at radius 3 is 2.88 bits per heavy atom. The zero-order chi connectivity index (χ0) is 22.8. The number of unbranched alkanes of at least 4 members (excludes halogenated alkanes) is 1. The first kappa shape index (κ1) is 24.8. The Labute approximate surface area is 196 Å². The molecule has 2 saturated carbocycles. The molecule has 4 atom stereocenters. The first-order chi connectivity index (χ1) is 15.5. The van der Waals surface area contributed by atoms with Gasteiger partial charge in [0.25, 0.3) is 0 Å². The molecule has 2 fully saturated rings. The molecule has 1 aromatic rings. The SMILES string of the molecule is O=C(CCC/C=C\CC1CC[C@@H](O)[C@@H]1/C=C/[C@@H](O)COc1cccc(Cl)c1)NCC1CC1. The van der Waals surface area contributed by atoms with Crippen LogP contribution in [0.5, 0.6) is 5.75 Å². The zero-order valence-electron chi connectivity index (χ0n) is 18.7. The Hall–Kier alpha value is -1.82. The molecule has 6 heteroatoms. The van der Waals surface area contributed by atoms with E-state index in [1.54, 1.807) is 30.3 Å². The summed E-state index contributed by atoms with van der Waals surface area (Å²) in [5, 5.41) is 24.2. The molecule has 3 rings (SSSR count). The summed E-state index contributed by atoms with van der Waals surface area (Å²) >= 11 is 5.94. The molecule has 0 spiro atoms. The average molecular weight is 462 g/mol. The Morgan fingerprint density at radius 2 is 2.09 bits per heavy atom. The minimum Gasteiger partial charge on any atom is -0.491 e. The Kier molecular flexibility index (Phi) is 10.1. The first-order valence-corrected chi connectivity index (χ1v) is 12.2. The van der Waals surface area contributed by atoms with Crippen LogP contribution in [-0.2, 0) is 4.79 Å². The molecule has 5 nitrogen and oxygen atoms in total. The first-order valence-electron chi connectivity index (χ1n) is 11.9. The number of hydrogen-bond acceptors (Lipinski definition) is 4. The number of aliphatic hydroxyl groups excluding tert-OH is 2. The van der Waals surface area contributed by atoms with Crippen LogP contribution >= 0.6 is 11.6 Å². The molecule has 0 bridgehead atoms. The molecule has 2 aliphatic rings. The van der Waals surface area contributed by atoms with E-state index in [-0.39, 0.29) is 24.5 Å². The van der Waals surface area contributed by atoms with Gasteiger partial charge in [-0.05, 0) is 75.0 Å². The minimum absolute atomic E-state index is 0.0358. The molecule has 1 amide bonds. The van der Waals surface area contributed by atoms with Crippen molar-refractivity contribution in [2.45, 2.75) is 63.6 Å². The topological polar surface area (TPSA) is 78.8 Å². The van der Waals surface area contributed by atoms with Crippen molar-refractivity contribution in [1.29, 1.82) is 0 Å². The number of ether oxygens (including phenoxy) is 1. The van der Waals surface area contributed by atoms with E-state index in [0.29, 0.717) is 23.1 Å². The average Bonchev–Trinajstić information content (AvgIpc) is 3.54. The van der Waals surface area contributed by atoms with E-state index in [1.807, 2.05) is 6.08 Å². The number of halogens is 1. The number of carbonyl (C=O) groups is 1. The maximum atomic E-state index is 11.8. The van der Waals surface area contributed by atoms with Crippen molar-refractivity contribution in [2.75, 3.05) is 13.2 Å². The van der Waals surface area contributed by atoms with Crippen LogP contribution in [0.1, 0.15) is 51.4 Å². The molecule has 0 heterocycles. The quantitative estimate of drug-likeness (QED) is 0.294. The van der Waals surface area contributed by atoms with Crippen molar-refractivity contribution in [1.82, 2.24) is 5.32 Å². The van der Waals surface area contributed by atoms with Crippen LogP contribution in [-0.4, -0.2) is 41.5 Å². The molecular formula is C26H36ClNO4. The van der Waals surface area contributed by atoms with E-state index in [0.717, 1.165) is 44.6 Å². The summed E-state index contributed by atoms with van der Waals surface area (Å²) in [5.74, 6) is 1.90. The van der Waals surface area contributed by atoms with Crippen molar-refractivity contribution in [3.8, 4) is 5.75 Å². The number of rotatable bonds is 13. The summed E-state index contributed by atoms with van der Waals surface area (Å²) in [5.41, 5.74) is 0. The van der Waals surface area contributed by atoms with E-state index in [4.69, 9.17) is 16.3 Å². The van der Waals surface area contributed by atoms with Crippen molar-refractivity contribution in [3.05, 3.63) is 53.6 Å². The standard InChI is InChI=1S/C26H36ClNO4/c27-21-7-5-8-23(16-21)32-18-22(29)13-14-24-20(12-15-25(24)30)6-3-1-2-4-9-26(31)28-17-19-10-11-19/h1,3,5,7-8,13-14,16,19-20,22,24-25,29-30H,2,4,6,9-12,15,17-18H2,(H,28,31)/b3-1-,14-13+/t20?,22-,24-,25-/m1/s1. The fourth-order valence-corrected chi connectivity index (χ4v) is 4.31. The number of carbonyl (C=O) groups excluding carboxylic acids is 1. The van der Waals surface area contributed by atoms with E-state index in [1.165, 1.54) is 12.8 Å². The predicted molar refractivity (Wildman–Crippen MR) is 128 cm³/mol. The highest BCUT2D eigenvalue weighted by atomic mass is 35.5. The molecule has 0 aliphatic heterocycles. The van der Waals surface area contributed by atoms with Crippen LogP contribution < -0.4 is 10.1 Å². The van der Waals surface area contributed by atoms with Gasteiger partial charge in [-0.1, -0.05) is 42.0 Å². The highest BCUT2D eigenvalue weighted by Gasteiger charge is 2.32. The lowest BCUT2D eigenvalue weighted by Crippen LogP contribution is -2.24. The second kappa shape index (κ2) is 13.0. The third-order valence-corrected chi connectivity index (χ3v) is 6.49. The van der Waals surface area contributed by atoms with Crippen LogP contribution in [0.25, 0.3) is 0 Å². The summed E-state index contributed by atoms with van der Waals surface area (Å²) in [4.78, 5) is 11.8. The lowest BCUT2D eigenvalue weighted by atomic mass is 9.91. The largest absolute Gasteiger partial charge is 0.491 e. The number of hydrogen-bond donors (Lipinski definition) is 3. The molecule has 0 saturated heterocycles. The molecule has 1 aromatic carbocycles. The van der Waals surface area contributed by atoms with Gasteiger partial charge in [-0.3, -0.25) is 4.79 Å². The molecule has 2 aliphatic carbocycles. The normalized spacial score (nSPS) is 24.3. The third kappa shape index (κ3) is 8.97. The lowest BCUT2D eigenvalue weighted by Gasteiger charge is -2.18. The van der Waals surface area contributed by atoms with Gasteiger partial charge in [0.15, 0.2) is 0 Å². The van der Waals surface area contributed by atoms with Crippen LogP contribution in [0.15, 0.2) is 48.6 Å². The third-order valence-electron chi connectivity index (χ3n) is 6.26. The molecule has 176 valence electrons. The van der Waals surface area contributed by atoms with Crippen LogP contribution in [0.4, 0.5) is 0 Å². The highest BCUT2D eigenvalue weighted by molar-refractivity contribution is 6.30. The molecule has 1 unspecified atom stereocenters. The van der Waals surface area contributed by atoms with E-state index < -0.39 is 6.10 Å². The Morgan fingerprint density at radius 1 is 1.25 bits per heavy atom. The molecule has 32 heavy (non-hydrogen) atoms. The van der Waals surface area contributed by atoms with E-state index >= 15 is 0 Å². The van der Waals surface area contributed by atoms with Gasteiger partial charge in [0.05, 0.1) is 6.10 Å². The van der Waals surface area contributed by atoms with Gasteiger partial charge in [0.1, 0.15) is 18.5 Å². The highest BCUT2D eigenvalue weighted by Crippen LogP contribution is 2.36. The molecule has 0 aromatic heterocycles. The molecule has 0 radical (unpaired) electrons. The Balaban J connectivity index is 1.33. The molecular weight excluding hydrogens is 426 g/mol. The predicted octanol–water partition coefficient (Wildman–Crippen LogP) is 4.67. The lowest BCUT2D eigenvalue weighted by molar-refractivity contribution is -0.121. The zero-order valence-corrected chi connectivity index (χ0v) is 19.4. The van der Waals surface area contributed by atoms with E-state index in [9.17, 15) is 15.0 Å². The van der Waals surface area contributed by atoms with Gasteiger partial charge in [0, 0.05) is 23.9 Å². The van der Waals surface area contributed by atoms with Gasteiger partial charge in [-0.25, -0.2) is 0 Å². The fraction of sp³-hybridized carbons (Fsp3) is 0.577. The van der Waals surface area contributed by atoms with Gasteiger partial charge in [0.2, 0.25) is 5.91 Å². The second-order valence-corrected chi connectivity index (χ2v) is 9.49. The van der Waals surface area contributed by atoms with Crippen molar-refractivity contribution in [2.24, 2.45) is 17.8 Å². The number of allylic oxidation sites excluding steroid dienone is 2. The van der Waals surface area contributed by atoms with Gasteiger partial charge < -0.3 is 20.3 Å². The summed E-state index contributed by atoms with van der Waals surface area (Å²) < 4.78 is 5.58. The second-order valence-electron chi connectivity index (χ2n) is 9.05. The number of benzene rings is 1. The van der Waals surface area contributed by atoms with Crippen LogP contribution in [0, 0.1) is 17.8 Å². The van der Waals surface area contributed by atoms with Gasteiger partial charge >= 0.3 is 0 Å². The number of nitrogens with one attached hydrogen (secondary N) is 1. The van der Waals surface area contributed by atoms with Crippen molar-refractivity contribution >= 4 is 17.5 Å². The van der Waals surface area contributed by atoms with Gasteiger partial charge in [-0.2, -0.15) is 0 Å². The van der Waals surface area contributed by atoms with Crippen molar-refractivity contribution < 1.29 is 19.7 Å². The summed E-state index contributed by atoms with van der Waals surface area (Å²) in [6.45, 7) is 0.980. The summed E-state index contributed by atoms with van der Waals surface area (Å²) in [6, 6.07) is 7.08. The van der Waals surface area contributed by atoms with E-state index in [2.05, 4.69) is 17.5 Å². The molecule has 3 N–H and O–H groups in total.